The van der Waals surface area contributed by atoms with Crippen molar-refractivity contribution in [2.24, 2.45) is 11.8 Å². The number of carbonyl (C=O) groups excluding carboxylic acids is 1. The van der Waals surface area contributed by atoms with Crippen LogP contribution in [0.3, 0.4) is 0 Å². The van der Waals surface area contributed by atoms with Gasteiger partial charge in [-0.3, -0.25) is 4.79 Å². The summed E-state index contributed by atoms with van der Waals surface area (Å²) in [7, 11) is 0. The average Bonchev–Trinajstić information content (AvgIpc) is 2.22. The Morgan fingerprint density at radius 2 is 1.94 bits per heavy atom. The Labute approximate surface area is 106 Å². The first-order valence-electron chi connectivity index (χ1n) is 5.49. The van der Waals surface area contributed by atoms with E-state index in [2.05, 4.69) is 35.1 Å². The van der Waals surface area contributed by atoms with Gasteiger partial charge in [-0.2, -0.15) is 0 Å². The van der Waals surface area contributed by atoms with Crippen LogP contribution in [0.5, 0.6) is 0 Å². The second-order valence-electron chi connectivity index (χ2n) is 4.49. The van der Waals surface area contributed by atoms with Gasteiger partial charge >= 0.3 is 0 Å². The minimum Gasteiger partial charge on any atom is -0.326 e. The number of hydrogen-bond donors (Lipinski definition) is 1. The molecule has 0 radical (unpaired) electrons. The van der Waals surface area contributed by atoms with Gasteiger partial charge in [-0.05, 0) is 30.5 Å². The Morgan fingerprint density at radius 3 is 2.44 bits per heavy atom. The van der Waals surface area contributed by atoms with Crippen LogP contribution in [-0.2, 0) is 4.79 Å². The highest BCUT2D eigenvalue weighted by atomic mass is 79.9. The van der Waals surface area contributed by atoms with E-state index in [1.54, 1.807) is 0 Å². The van der Waals surface area contributed by atoms with E-state index in [1.807, 2.05) is 32.0 Å². The van der Waals surface area contributed by atoms with Crippen LogP contribution >= 0.6 is 15.9 Å². The lowest BCUT2D eigenvalue weighted by molar-refractivity contribution is -0.120. The van der Waals surface area contributed by atoms with Crippen LogP contribution in [0.4, 0.5) is 5.69 Å². The molecular weight excluding hydrogens is 266 g/mol. The zero-order chi connectivity index (χ0) is 12.3. The number of halogens is 1. The smallest absolute Gasteiger partial charge is 0.227 e. The van der Waals surface area contributed by atoms with Crippen LogP contribution in [0.25, 0.3) is 0 Å². The van der Waals surface area contributed by atoms with Gasteiger partial charge in [-0.25, -0.2) is 0 Å². The standard InChI is InChI=1S/C13H18BrNO/c1-8(2)10(4)13(16)15-11-6-5-9(3)12(14)7-11/h5-8,10H,1-4H3,(H,15,16). The van der Waals surface area contributed by atoms with Crippen molar-refractivity contribution in [3.05, 3.63) is 28.2 Å². The average molecular weight is 284 g/mol. The Hall–Kier alpha value is -0.830. The molecule has 1 rings (SSSR count). The molecule has 1 N–H and O–H groups in total. The van der Waals surface area contributed by atoms with Gasteiger partial charge in [-0.1, -0.05) is 42.8 Å². The Morgan fingerprint density at radius 1 is 1.31 bits per heavy atom. The largest absolute Gasteiger partial charge is 0.326 e. The number of anilines is 1. The molecule has 3 heteroatoms. The van der Waals surface area contributed by atoms with Crippen molar-refractivity contribution >= 4 is 27.5 Å². The van der Waals surface area contributed by atoms with Crippen molar-refractivity contribution < 1.29 is 4.79 Å². The van der Waals surface area contributed by atoms with Crippen LogP contribution in [0.2, 0.25) is 0 Å². The second kappa shape index (κ2) is 5.48. The summed E-state index contributed by atoms with van der Waals surface area (Å²) in [5.41, 5.74) is 2.00. The lowest BCUT2D eigenvalue weighted by Gasteiger charge is -2.15. The van der Waals surface area contributed by atoms with Crippen LogP contribution in [0.1, 0.15) is 26.3 Å². The quantitative estimate of drug-likeness (QED) is 0.893. The summed E-state index contributed by atoms with van der Waals surface area (Å²) in [6, 6.07) is 5.84. The number of amides is 1. The van der Waals surface area contributed by atoms with Crippen molar-refractivity contribution in [1.82, 2.24) is 0 Å². The van der Waals surface area contributed by atoms with Crippen molar-refractivity contribution in [2.75, 3.05) is 5.32 Å². The highest BCUT2D eigenvalue weighted by molar-refractivity contribution is 9.10. The molecule has 1 atom stereocenters. The van der Waals surface area contributed by atoms with E-state index in [4.69, 9.17) is 0 Å². The predicted molar refractivity (Wildman–Crippen MR) is 71.5 cm³/mol. The van der Waals surface area contributed by atoms with Gasteiger partial charge in [-0.15, -0.1) is 0 Å². The summed E-state index contributed by atoms with van der Waals surface area (Å²) in [6.45, 7) is 8.07. The summed E-state index contributed by atoms with van der Waals surface area (Å²) in [5, 5.41) is 2.92. The van der Waals surface area contributed by atoms with E-state index in [-0.39, 0.29) is 11.8 Å². The SMILES string of the molecule is Cc1ccc(NC(=O)C(C)C(C)C)cc1Br. The molecule has 0 fully saturated rings. The molecule has 0 spiro atoms. The second-order valence-corrected chi connectivity index (χ2v) is 5.34. The number of hydrogen-bond acceptors (Lipinski definition) is 1. The summed E-state index contributed by atoms with van der Waals surface area (Å²) < 4.78 is 1.02. The van der Waals surface area contributed by atoms with Gasteiger partial charge in [0, 0.05) is 16.1 Å². The number of aryl methyl sites for hydroxylation is 1. The van der Waals surface area contributed by atoms with Crippen molar-refractivity contribution in [3.8, 4) is 0 Å². The fourth-order valence-electron chi connectivity index (χ4n) is 1.23. The first kappa shape index (κ1) is 13.2. The van der Waals surface area contributed by atoms with Crippen LogP contribution in [-0.4, -0.2) is 5.91 Å². The van der Waals surface area contributed by atoms with Gasteiger partial charge < -0.3 is 5.32 Å². The first-order chi connectivity index (χ1) is 7.41. The lowest BCUT2D eigenvalue weighted by Crippen LogP contribution is -2.24. The molecule has 0 aromatic heterocycles. The third-order valence-electron chi connectivity index (χ3n) is 2.85. The summed E-state index contributed by atoms with van der Waals surface area (Å²) in [4.78, 5) is 11.8. The van der Waals surface area contributed by atoms with Crippen molar-refractivity contribution in [1.29, 1.82) is 0 Å². The molecule has 0 aliphatic rings. The molecule has 16 heavy (non-hydrogen) atoms. The van der Waals surface area contributed by atoms with Crippen molar-refractivity contribution in [3.63, 3.8) is 0 Å². The Balaban J connectivity index is 2.74. The van der Waals surface area contributed by atoms with Gasteiger partial charge in [0.05, 0.1) is 0 Å². The predicted octanol–water partition coefficient (Wildman–Crippen LogP) is 3.99. The van der Waals surface area contributed by atoms with Gasteiger partial charge in [0.1, 0.15) is 0 Å². The lowest BCUT2D eigenvalue weighted by atomic mass is 9.97. The number of nitrogens with one attached hydrogen (secondary N) is 1. The fourth-order valence-corrected chi connectivity index (χ4v) is 1.61. The molecule has 1 amide bonds. The maximum Gasteiger partial charge on any atom is 0.227 e. The number of rotatable bonds is 3. The molecule has 88 valence electrons. The molecule has 0 aliphatic heterocycles. The molecule has 0 aliphatic carbocycles. The van der Waals surface area contributed by atoms with E-state index in [1.165, 1.54) is 0 Å². The van der Waals surface area contributed by atoms with Crippen LogP contribution in [0, 0.1) is 18.8 Å². The summed E-state index contributed by atoms with van der Waals surface area (Å²) in [5.74, 6) is 0.458. The third-order valence-corrected chi connectivity index (χ3v) is 3.71. The molecule has 1 unspecified atom stereocenters. The van der Waals surface area contributed by atoms with Gasteiger partial charge in [0.25, 0.3) is 0 Å². The minimum absolute atomic E-state index is 0.0279. The van der Waals surface area contributed by atoms with Crippen LogP contribution in [0.15, 0.2) is 22.7 Å². The molecular formula is C13H18BrNO. The zero-order valence-electron chi connectivity index (χ0n) is 10.2. The van der Waals surface area contributed by atoms with E-state index >= 15 is 0 Å². The normalized spacial score (nSPS) is 12.6. The molecule has 1 aromatic rings. The molecule has 2 nitrogen and oxygen atoms in total. The van der Waals surface area contributed by atoms with Crippen LogP contribution < -0.4 is 5.32 Å². The Bertz CT molecular complexity index is 388. The maximum atomic E-state index is 11.8. The first-order valence-corrected chi connectivity index (χ1v) is 6.28. The minimum atomic E-state index is 0.0279. The molecule has 0 saturated heterocycles. The van der Waals surface area contributed by atoms with E-state index in [9.17, 15) is 4.79 Å². The van der Waals surface area contributed by atoms with E-state index < -0.39 is 0 Å². The van der Waals surface area contributed by atoms with E-state index in [0.29, 0.717) is 5.92 Å². The van der Waals surface area contributed by atoms with Gasteiger partial charge in [0.15, 0.2) is 0 Å². The monoisotopic (exact) mass is 283 g/mol. The summed E-state index contributed by atoms with van der Waals surface area (Å²) in [6.07, 6.45) is 0. The zero-order valence-corrected chi connectivity index (χ0v) is 11.8. The molecule has 0 bridgehead atoms. The third kappa shape index (κ3) is 3.34. The van der Waals surface area contributed by atoms with E-state index in [0.717, 1.165) is 15.7 Å². The van der Waals surface area contributed by atoms with Gasteiger partial charge in [0.2, 0.25) is 5.91 Å². The molecule has 1 aromatic carbocycles. The topological polar surface area (TPSA) is 29.1 Å². The number of carbonyl (C=O) groups is 1. The van der Waals surface area contributed by atoms with Crippen molar-refractivity contribution in [2.45, 2.75) is 27.7 Å². The summed E-state index contributed by atoms with van der Waals surface area (Å²) >= 11 is 3.45. The highest BCUT2D eigenvalue weighted by Crippen LogP contribution is 2.21. The Kier molecular flexibility index (Phi) is 4.54. The number of benzene rings is 1. The molecule has 0 saturated carbocycles. The highest BCUT2D eigenvalue weighted by Gasteiger charge is 2.16. The fraction of sp³-hybridized carbons (Fsp3) is 0.462. The molecule has 0 heterocycles. The maximum absolute atomic E-state index is 11.8.